The van der Waals surface area contributed by atoms with E-state index in [2.05, 4.69) is 39.0 Å². The van der Waals surface area contributed by atoms with Gasteiger partial charge in [-0.05, 0) is 58.1 Å². The molecule has 1 aromatic rings. The molecule has 0 fully saturated rings. The summed E-state index contributed by atoms with van der Waals surface area (Å²) in [7, 11) is 0. The first-order valence-electron chi connectivity index (χ1n) is 6.76. The first kappa shape index (κ1) is 15.5. The molecule has 0 saturated carbocycles. The highest BCUT2D eigenvalue weighted by molar-refractivity contribution is 5.42. The van der Waals surface area contributed by atoms with E-state index in [4.69, 9.17) is 15.7 Å². The van der Waals surface area contributed by atoms with Crippen molar-refractivity contribution in [2.24, 2.45) is 5.73 Å². The second kappa shape index (κ2) is 6.58. The van der Waals surface area contributed by atoms with Crippen molar-refractivity contribution in [3.05, 3.63) is 28.8 Å². The maximum atomic E-state index is 8.82. The standard InChI is InChI=1S/C16H24N2O/c1-12-9-13(2)15(14(3)10-12)19-8-6-5-7-16(4,18)11-17/h9-10H,5-8,18H2,1-4H3. The molecular formula is C16H24N2O. The Morgan fingerprint density at radius 3 is 2.32 bits per heavy atom. The molecule has 0 aromatic heterocycles. The van der Waals surface area contributed by atoms with E-state index in [-0.39, 0.29) is 0 Å². The fourth-order valence-electron chi connectivity index (χ4n) is 2.22. The van der Waals surface area contributed by atoms with Crippen molar-refractivity contribution in [1.82, 2.24) is 0 Å². The predicted molar refractivity (Wildman–Crippen MR) is 78.2 cm³/mol. The summed E-state index contributed by atoms with van der Waals surface area (Å²) in [5, 5.41) is 8.82. The summed E-state index contributed by atoms with van der Waals surface area (Å²) >= 11 is 0. The Hall–Kier alpha value is -1.53. The van der Waals surface area contributed by atoms with Crippen LogP contribution in [0, 0.1) is 32.1 Å². The molecule has 3 heteroatoms. The fourth-order valence-corrected chi connectivity index (χ4v) is 2.22. The molecule has 0 heterocycles. The third kappa shape index (κ3) is 4.92. The Kier molecular flexibility index (Phi) is 5.38. The average molecular weight is 260 g/mol. The molecule has 0 aliphatic rings. The molecule has 0 aliphatic carbocycles. The zero-order valence-electron chi connectivity index (χ0n) is 12.4. The Labute approximate surface area is 116 Å². The third-order valence-electron chi connectivity index (χ3n) is 3.20. The average Bonchev–Trinajstić information content (AvgIpc) is 2.31. The summed E-state index contributed by atoms with van der Waals surface area (Å²) in [6, 6.07) is 6.38. The normalized spacial score (nSPS) is 13.7. The van der Waals surface area contributed by atoms with Crippen molar-refractivity contribution in [1.29, 1.82) is 5.26 Å². The minimum Gasteiger partial charge on any atom is -0.493 e. The maximum Gasteiger partial charge on any atom is 0.125 e. The smallest absolute Gasteiger partial charge is 0.125 e. The van der Waals surface area contributed by atoms with Gasteiger partial charge in [-0.25, -0.2) is 0 Å². The van der Waals surface area contributed by atoms with Gasteiger partial charge in [0.05, 0.1) is 12.7 Å². The molecule has 1 atom stereocenters. The van der Waals surface area contributed by atoms with Gasteiger partial charge in [-0.1, -0.05) is 17.7 Å². The molecule has 0 spiro atoms. The van der Waals surface area contributed by atoms with E-state index in [0.717, 1.165) is 18.6 Å². The quantitative estimate of drug-likeness (QED) is 0.797. The van der Waals surface area contributed by atoms with E-state index in [9.17, 15) is 0 Å². The van der Waals surface area contributed by atoms with Gasteiger partial charge in [-0.3, -0.25) is 0 Å². The lowest BCUT2D eigenvalue weighted by Gasteiger charge is -2.16. The molecule has 1 unspecified atom stereocenters. The number of rotatable bonds is 6. The third-order valence-corrected chi connectivity index (χ3v) is 3.20. The monoisotopic (exact) mass is 260 g/mol. The van der Waals surface area contributed by atoms with Crippen LogP contribution >= 0.6 is 0 Å². The molecule has 0 amide bonds. The van der Waals surface area contributed by atoms with E-state index in [1.54, 1.807) is 6.92 Å². The van der Waals surface area contributed by atoms with E-state index in [1.165, 1.54) is 16.7 Å². The van der Waals surface area contributed by atoms with Gasteiger partial charge in [0, 0.05) is 0 Å². The van der Waals surface area contributed by atoms with Crippen LogP contribution in [0.1, 0.15) is 42.9 Å². The highest BCUT2D eigenvalue weighted by Gasteiger charge is 2.16. The molecule has 0 bridgehead atoms. The van der Waals surface area contributed by atoms with Gasteiger partial charge < -0.3 is 10.5 Å². The number of nitriles is 1. The minimum absolute atomic E-state index is 0.673. The number of ether oxygens (including phenoxy) is 1. The lowest BCUT2D eigenvalue weighted by Crippen LogP contribution is -2.33. The van der Waals surface area contributed by atoms with Crippen LogP contribution in [0.2, 0.25) is 0 Å². The van der Waals surface area contributed by atoms with Gasteiger partial charge in [-0.2, -0.15) is 5.26 Å². The molecule has 104 valence electrons. The minimum atomic E-state index is -0.713. The summed E-state index contributed by atoms with van der Waals surface area (Å²) in [5.74, 6) is 0.987. The molecule has 0 aliphatic heterocycles. The van der Waals surface area contributed by atoms with Crippen molar-refractivity contribution in [3.63, 3.8) is 0 Å². The molecule has 1 aromatic carbocycles. The van der Waals surface area contributed by atoms with Gasteiger partial charge in [0.1, 0.15) is 11.3 Å². The van der Waals surface area contributed by atoms with Crippen LogP contribution in [0.3, 0.4) is 0 Å². The highest BCUT2D eigenvalue weighted by atomic mass is 16.5. The van der Waals surface area contributed by atoms with E-state index in [1.807, 2.05) is 0 Å². The number of aryl methyl sites for hydroxylation is 3. The molecular weight excluding hydrogens is 236 g/mol. The van der Waals surface area contributed by atoms with Crippen LogP contribution < -0.4 is 10.5 Å². The molecule has 3 nitrogen and oxygen atoms in total. The van der Waals surface area contributed by atoms with Gasteiger partial charge in [0.2, 0.25) is 0 Å². The summed E-state index contributed by atoms with van der Waals surface area (Å²) in [6.45, 7) is 8.67. The SMILES string of the molecule is Cc1cc(C)c(OCCCCC(C)(N)C#N)c(C)c1. The number of unbranched alkanes of at least 4 members (excludes halogenated alkanes) is 1. The number of benzene rings is 1. The molecule has 2 N–H and O–H groups in total. The van der Waals surface area contributed by atoms with Crippen LogP contribution in [0.4, 0.5) is 0 Å². The van der Waals surface area contributed by atoms with Crippen LogP contribution in [0.25, 0.3) is 0 Å². The predicted octanol–water partition coefficient (Wildman–Crippen LogP) is 3.40. The lowest BCUT2D eigenvalue weighted by atomic mass is 9.98. The summed E-state index contributed by atoms with van der Waals surface area (Å²) in [4.78, 5) is 0. The zero-order valence-corrected chi connectivity index (χ0v) is 12.4. The van der Waals surface area contributed by atoms with Gasteiger partial charge in [-0.15, -0.1) is 0 Å². The van der Waals surface area contributed by atoms with E-state index >= 15 is 0 Å². The zero-order chi connectivity index (χ0) is 14.5. The number of hydrogen-bond donors (Lipinski definition) is 1. The van der Waals surface area contributed by atoms with E-state index < -0.39 is 5.54 Å². The van der Waals surface area contributed by atoms with Crippen LogP contribution in [0.15, 0.2) is 12.1 Å². The highest BCUT2D eigenvalue weighted by Crippen LogP contribution is 2.24. The lowest BCUT2D eigenvalue weighted by molar-refractivity contribution is 0.297. The molecule has 19 heavy (non-hydrogen) atoms. The van der Waals surface area contributed by atoms with Crippen LogP contribution in [-0.2, 0) is 0 Å². The second-order valence-corrected chi connectivity index (χ2v) is 5.56. The largest absolute Gasteiger partial charge is 0.493 e. The number of nitrogens with zero attached hydrogens (tertiary/aromatic N) is 1. The second-order valence-electron chi connectivity index (χ2n) is 5.56. The first-order valence-corrected chi connectivity index (χ1v) is 6.76. The number of nitrogens with two attached hydrogens (primary N) is 1. The van der Waals surface area contributed by atoms with Crippen molar-refractivity contribution >= 4 is 0 Å². The fraction of sp³-hybridized carbons (Fsp3) is 0.562. The molecule has 0 radical (unpaired) electrons. The number of hydrogen-bond acceptors (Lipinski definition) is 3. The van der Waals surface area contributed by atoms with Gasteiger partial charge in [0.15, 0.2) is 0 Å². The van der Waals surface area contributed by atoms with Crippen molar-refractivity contribution in [2.45, 2.75) is 52.5 Å². The topological polar surface area (TPSA) is 59.0 Å². The summed E-state index contributed by atoms with van der Waals surface area (Å²) in [5.41, 5.74) is 8.68. The van der Waals surface area contributed by atoms with Crippen LogP contribution in [-0.4, -0.2) is 12.1 Å². The first-order chi connectivity index (χ1) is 8.85. The Morgan fingerprint density at radius 2 is 1.79 bits per heavy atom. The molecule has 1 rings (SSSR count). The van der Waals surface area contributed by atoms with Crippen molar-refractivity contribution in [3.8, 4) is 11.8 Å². The Bertz CT molecular complexity index is 449. The van der Waals surface area contributed by atoms with Crippen LogP contribution in [0.5, 0.6) is 5.75 Å². The summed E-state index contributed by atoms with van der Waals surface area (Å²) < 4.78 is 5.85. The van der Waals surface area contributed by atoms with Gasteiger partial charge in [0.25, 0.3) is 0 Å². The van der Waals surface area contributed by atoms with Crippen molar-refractivity contribution < 1.29 is 4.74 Å². The van der Waals surface area contributed by atoms with Gasteiger partial charge >= 0.3 is 0 Å². The molecule has 0 saturated heterocycles. The van der Waals surface area contributed by atoms with E-state index in [0.29, 0.717) is 13.0 Å². The Morgan fingerprint density at radius 1 is 1.21 bits per heavy atom. The summed E-state index contributed by atoms with van der Waals surface area (Å²) in [6.07, 6.45) is 2.53. The Balaban J connectivity index is 2.41. The van der Waals surface area contributed by atoms with Crippen molar-refractivity contribution in [2.75, 3.05) is 6.61 Å². The maximum absolute atomic E-state index is 8.82.